The number of aliphatic hydroxyl groups is 1. The second-order valence-electron chi connectivity index (χ2n) is 8.67. The molecule has 11 nitrogen and oxygen atoms in total. The Balaban J connectivity index is 1.51. The van der Waals surface area contributed by atoms with Crippen molar-refractivity contribution in [2.24, 2.45) is 14.1 Å². The lowest BCUT2D eigenvalue weighted by Gasteiger charge is -2.16. The smallest absolute Gasteiger partial charge is 0.222 e. The first-order valence-corrected chi connectivity index (χ1v) is 11.4. The van der Waals surface area contributed by atoms with Crippen LogP contribution >= 0.6 is 0 Å². The summed E-state index contributed by atoms with van der Waals surface area (Å²) in [6.07, 6.45) is 5.97. The van der Waals surface area contributed by atoms with Gasteiger partial charge in [0.2, 0.25) is 5.88 Å². The number of anilines is 2. The first kappa shape index (κ1) is 21.3. The van der Waals surface area contributed by atoms with Gasteiger partial charge in [0.25, 0.3) is 0 Å². The Kier molecular flexibility index (Phi) is 4.99. The number of hydrogen-bond acceptors (Lipinski definition) is 8. The van der Waals surface area contributed by atoms with Gasteiger partial charge in [-0.25, -0.2) is 19.6 Å². The van der Waals surface area contributed by atoms with Gasteiger partial charge >= 0.3 is 0 Å². The molecule has 4 bridgehead atoms. The molecule has 6 heterocycles. The van der Waals surface area contributed by atoms with Crippen LogP contribution in [0.25, 0.3) is 33.7 Å². The average Bonchev–Trinajstić information content (AvgIpc) is 3.53. The molecule has 6 rings (SSSR count). The molecule has 0 saturated heterocycles. The highest BCUT2D eigenvalue weighted by molar-refractivity contribution is 5.93. The van der Waals surface area contributed by atoms with E-state index >= 15 is 0 Å². The van der Waals surface area contributed by atoms with Crippen LogP contribution in [0.1, 0.15) is 25.1 Å². The number of aliphatic hydroxyl groups excluding tert-OH is 1. The van der Waals surface area contributed by atoms with Crippen molar-refractivity contribution in [3.8, 4) is 28.7 Å². The summed E-state index contributed by atoms with van der Waals surface area (Å²) in [6, 6.07) is 7.72. The number of ether oxygens (including phenoxy) is 1. The number of nitrogens with zero attached hydrogens (tertiary/aromatic N) is 8. The van der Waals surface area contributed by atoms with Crippen molar-refractivity contribution in [1.29, 1.82) is 0 Å². The van der Waals surface area contributed by atoms with Gasteiger partial charge in [-0.2, -0.15) is 10.2 Å². The maximum Gasteiger partial charge on any atom is 0.222 e. The molecule has 0 amide bonds. The summed E-state index contributed by atoms with van der Waals surface area (Å²) in [7, 11) is 3.77. The van der Waals surface area contributed by atoms with Crippen LogP contribution in [0, 0.1) is 0 Å². The Morgan fingerprint density at radius 3 is 2.86 bits per heavy atom. The number of hydrogen-bond donors (Lipinski definition) is 2. The Labute approximate surface area is 201 Å². The molecule has 0 fully saturated rings. The van der Waals surface area contributed by atoms with Gasteiger partial charge in [0, 0.05) is 50.1 Å². The van der Waals surface area contributed by atoms with Gasteiger partial charge in [0.1, 0.15) is 22.9 Å². The average molecular weight is 472 g/mol. The number of rotatable bonds is 2. The molecule has 0 radical (unpaired) electrons. The van der Waals surface area contributed by atoms with E-state index in [4.69, 9.17) is 9.84 Å². The van der Waals surface area contributed by atoms with Crippen LogP contribution in [0.5, 0.6) is 5.88 Å². The molecule has 0 aromatic carbocycles. The summed E-state index contributed by atoms with van der Waals surface area (Å²) < 4.78 is 11.8. The highest BCUT2D eigenvalue weighted by atomic mass is 16.5. The van der Waals surface area contributed by atoms with Crippen molar-refractivity contribution in [1.82, 2.24) is 39.1 Å². The first-order valence-electron chi connectivity index (χ1n) is 11.4. The predicted molar refractivity (Wildman–Crippen MR) is 130 cm³/mol. The van der Waals surface area contributed by atoms with Gasteiger partial charge < -0.3 is 19.7 Å². The van der Waals surface area contributed by atoms with Crippen LogP contribution in [0.15, 0.2) is 42.9 Å². The molecule has 178 valence electrons. The lowest BCUT2D eigenvalue weighted by Crippen LogP contribution is -2.13. The normalized spacial score (nSPS) is 15.5. The van der Waals surface area contributed by atoms with Crippen LogP contribution in [0.4, 0.5) is 11.6 Å². The number of pyridine rings is 1. The second kappa shape index (κ2) is 8.20. The maximum absolute atomic E-state index is 9.66. The lowest BCUT2D eigenvalue weighted by atomic mass is 10.2. The Morgan fingerprint density at radius 1 is 1.14 bits per heavy atom. The van der Waals surface area contributed by atoms with E-state index in [9.17, 15) is 5.11 Å². The zero-order valence-corrected chi connectivity index (χ0v) is 19.7. The van der Waals surface area contributed by atoms with E-state index < -0.39 is 0 Å². The molecule has 0 unspecified atom stereocenters. The first-order chi connectivity index (χ1) is 17.0. The van der Waals surface area contributed by atoms with E-state index in [0.29, 0.717) is 29.9 Å². The van der Waals surface area contributed by atoms with Gasteiger partial charge in [0.15, 0.2) is 5.82 Å². The zero-order valence-electron chi connectivity index (χ0n) is 19.7. The monoisotopic (exact) mass is 471 g/mol. The van der Waals surface area contributed by atoms with Crippen molar-refractivity contribution >= 4 is 22.5 Å². The van der Waals surface area contributed by atoms with Crippen molar-refractivity contribution in [3.05, 3.63) is 48.5 Å². The third-order valence-electron chi connectivity index (χ3n) is 6.45. The maximum atomic E-state index is 9.66. The van der Waals surface area contributed by atoms with E-state index in [-0.39, 0.29) is 12.6 Å². The SMILES string of the molecule is C[C@H]1CCOc2c(cnn2C)-c2nccc(n2)Nc2cc3c(cn2)c(-c2ccc(CO)n2C)nn31. The van der Waals surface area contributed by atoms with E-state index in [2.05, 4.69) is 32.3 Å². The van der Waals surface area contributed by atoms with Gasteiger partial charge in [-0.1, -0.05) is 0 Å². The quantitative estimate of drug-likeness (QED) is 0.403. The molecular weight excluding hydrogens is 446 g/mol. The van der Waals surface area contributed by atoms with Crippen molar-refractivity contribution in [2.45, 2.75) is 26.0 Å². The summed E-state index contributed by atoms with van der Waals surface area (Å²) in [5, 5.41) is 23.2. The highest BCUT2D eigenvalue weighted by Gasteiger charge is 2.22. The molecular formula is C24H25N9O2. The molecule has 0 aliphatic carbocycles. The Bertz CT molecular complexity index is 1550. The molecule has 5 aromatic rings. The summed E-state index contributed by atoms with van der Waals surface area (Å²) in [4.78, 5) is 13.7. The molecule has 2 N–H and O–H groups in total. The van der Waals surface area contributed by atoms with Crippen LogP contribution in [-0.4, -0.2) is 50.8 Å². The van der Waals surface area contributed by atoms with Crippen LogP contribution in [-0.2, 0) is 20.7 Å². The van der Waals surface area contributed by atoms with Crippen LogP contribution in [0.2, 0.25) is 0 Å². The molecule has 1 aliphatic rings. The fraction of sp³-hybridized carbons (Fsp3) is 0.292. The molecule has 35 heavy (non-hydrogen) atoms. The predicted octanol–water partition coefficient (Wildman–Crippen LogP) is 3.21. The van der Waals surface area contributed by atoms with E-state index in [1.54, 1.807) is 23.1 Å². The van der Waals surface area contributed by atoms with E-state index in [1.807, 2.05) is 47.7 Å². The molecule has 0 saturated carbocycles. The third-order valence-corrected chi connectivity index (χ3v) is 6.45. The summed E-state index contributed by atoms with van der Waals surface area (Å²) in [5.74, 6) is 2.42. The molecule has 0 spiro atoms. The van der Waals surface area contributed by atoms with E-state index in [0.717, 1.165) is 40.0 Å². The molecule has 5 aromatic heterocycles. The Morgan fingerprint density at radius 2 is 2.03 bits per heavy atom. The van der Waals surface area contributed by atoms with Gasteiger partial charge in [-0.05, 0) is 25.1 Å². The largest absolute Gasteiger partial charge is 0.477 e. The van der Waals surface area contributed by atoms with Crippen molar-refractivity contribution in [2.75, 3.05) is 11.9 Å². The van der Waals surface area contributed by atoms with Gasteiger partial charge in [0.05, 0.1) is 36.7 Å². The number of aromatic nitrogens is 8. The Hall–Kier alpha value is -4.25. The highest BCUT2D eigenvalue weighted by Crippen LogP contribution is 2.34. The second-order valence-corrected chi connectivity index (χ2v) is 8.67. The fourth-order valence-corrected chi connectivity index (χ4v) is 4.46. The molecule has 1 aliphatic heterocycles. The summed E-state index contributed by atoms with van der Waals surface area (Å²) in [5.41, 5.74) is 4.23. The van der Waals surface area contributed by atoms with Gasteiger partial charge in [-0.3, -0.25) is 4.68 Å². The minimum atomic E-state index is -0.0356. The zero-order chi connectivity index (χ0) is 24.1. The van der Waals surface area contributed by atoms with Crippen molar-refractivity contribution < 1.29 is 9.84 Å². The molecule has 11 heteroatoms. The minimum absolute atomic E-state index is 0.0356. The summed E-state index contributed by atoms with van der Waals surface area (Å²) >= 11 is 0. The van der Waals surface area contributed by atoms with Gasteiger partial charge in [-0.15, -0.1) is 0 Å². The lowest BCUT2D eigenvalue weighted by molar-refractivity contribution is 0.260. The molecule has 1 atom stereocenters. The topological polar surface area (TPSA) is 121 Å². The third kappa shape index (κ3) is 3.51. The summed E-state index contributed by atoms with van der Waals surface area (Å²) in [6.45, 7) is 2.56. The fourth-order valence-electron chi connectivity index (χ4n) is 4.46. The number of aryl methyl sites for hydroxylation is 1. The van der Waals surface area contributed by atoms with Crippen molar-refractivity contribution in [3.63, 3.8) is 0 Å². The van der Waals surface area contributed by atoms with Crippen LogP contribution in [0.3, 0.4) is 0 Å². The minimum Gasteiger partial charge on any atom is -0.477 e. The van der Waals surface area contributed by atoms with Crippen LogP contribution < -0.4 is 10.1 Å². The standard InChI is InChI=1S/C24H25N9O2/c1-14-7-9-35-24-17(12-27-32(24)3)23-25-8-6-20(29-23)28-21-10-19-16(11-26-21)22(30-33(14)19)18-5-4-15(13-34)31(18)2/h4-6,8,10-12,14,34H,7,9,13H2,1-3H3,(H,25,26,28,29)/t14-/m0/s1. The number of fused-ring (bicyclic) bond motifs is 5. The van der Waals surface area contributed by atoms with E-state index in [1.165, 1.54) is 0 Å². The number of nitrogens with one attached hydrogen (secondary N) is 1.